The molecule has 0 aliphatic heterocycles. The number of fused-ring (bicyclic) bond motifs is 1. The molecule has 0 aliphatic rings. The Bertz CT molecular complexity index is 1020. The summed E-state index contributed by atoms with van der Waals surface area (Å²) in [5.74, 6) is -0.371. The van der Waals surface area contributed by atoms with Crippen molar-refractivity contribution in [3.63, 3.8) is 0 Å². The number of aromatic nitrogens is 3. The lowest BCUT2D eigenvalue weighted by Crippen LogP contribution is -2.08. The number of carbonyl (C=O) groups excluding carboxylic acids is 1. The molecule has 0 saturated heterocycles. The number of Topliss-reactive ketones (excluding diaryl/α,β-unsaturated/α-hetero) is 1. The standard InChI is InChI=1S/C15H10Cl3N3O2S/c1-7(22)11-13(18)12-8(16)3-4-9(17)14(12)19-15(11)24(23)10-5-6-21(2)20-10/h3-6H,1-2H3. The fourth-order valence-electron chi connectivity index (χ4n) is 2.27. The van der Waals surface area contributed by atoms with Crippen molar-refractivity contribution in [2.24, 2.45) is 7.05 Å². The van der Waals surface area contributed by atoms with Crippen LogP contribution >= 0.6 is 34.8 Å². The first-order chi connectivity index (χ1) is 11.3. The summed E-state index contributed by atoms with van der Waals surface area (Å²) in [6.07, 6.45) is 1.65. The minimum absolute atomic E-state index is 0.0165. The fraction of sp³-hybridized carbons (Fsp3) is 0.133. The van der Waals surface area contributed by atoms with Crippen LogP contribution in [0.1, 0.15) is 17.3 Å². The van der Waals surface area contributed by atoms with E-state index in [4.69, 9.17) is 34.8 Å². The third-order valence-corrected chi connectivity index (χ3v) is 5.59. The molecule has 0 fully saturated rings. The lowest BCUT2D eigenvalue weighted by atomic mass is 10.1. The lowest BCUT2D eigenvalue weighted by Gasteiger charge is -2.12. The smallest absolute Gasteiger partial charge is 0.164 e. The molecule has 0 spiro atoms. The highest BCUT2D eigenvalue weighted by molar-refractivity contribution is 7.85. The van der Waals surface area contributed by atoms with Crippen LogP contribution in [0.4, 0.5) is 0 Å². The van der Waals surface area contributed by atoms with Gasteiger partial charge in [0.05, 0.1) is 26.1 Å². The number of aryl methyl sites for hydroxylation is 1. The maximum Gasteiger partial charge on any atom is 0.164 e. The summed E-state index contributed by atoms with van der Waals surface area (Å²) in [6.45, 7) is 1.33. The molecule has 0 bridgehead atoms. The zero-order valence-corrected chi connectivity index (χ0v) is 15.6. The Labute approximate surface area is 155 Å². The van der Waals surface area contributed by atoms with Crippen LogP contribution in [0, 0.1) is 0 Å². The normalized spacial score (nSPS) is 12.5. The number of rotatable bonds is 3. The second kappa shape index (κ2) is 6.44. The molecule has 124 valence electrons. The number of pyridine rings is 1. The molecule has 0 amide bonds. The van der Waals surface area contributed by atoms with Gasteiger partial charge in [0.2, 0.25) is 0 Å². The van der Waals surface area contributed by atoms with Crippen molar-refractivity contribution in [2.45, 2.75) is 17.0 Å². The van der Waals surface area contributed by atoms with Gasteiger partial charge in [-0.2, -0.15) is 5.10 Å². The molecule has 2 heterocycles. The van der Waals surface area contributed by atoms with Gasteiger partial charge in [0.1, 0.15) is 15.8 Å². The van der Waals surface area contributed by atoms with Crippen molar-refractivity contribution in [1.82, 2.24) is 14.8 Å². The summed E-state index contributed by atoms with van der Waals surface area (Å²) in [6, 6.07) is 4.72. The highest BCUT2D eigenvalue weighted by Gasteiger charge is 2.25. The average Bonchev–Trinajstić information content (AvgIpc) is 2.95. The third-order valence-electron chi connectivity index (χ3n) is 3.35. The summed E-state index contributed by atoms with van der Waals surface area (Å²) < 4.78 is 14.4. The van der Waals surface area contributed by atoms with Crippen molar-refractivity contribution in [3.05, 3.63) is 45.0 Å². The molecule has 0 aliphatic carbocycles. The Hall–Kier alpha value is -1.47. The van der Waals surface area contributed by atoms with Gasteiger partial charge in [0.25, 0.3) is 0 Å². The Morgan fingerprint density at radius 1 is 1.17 bits per heavy atom. The van der Waals surface area contributed by atoms with Crippen LogP contribution < -0.4 is 0 Å². The molecule has 2 aromatic heterocycles. The Morgan fingerprint density at radius 3 is 2.42 bits per heavy atom. The number of halogens is 3. The first kappa shape index (κ1) is 17.4. The van der Waals surface area contributed by atoms with Crippen LogP contribution in [-0.2, 0) is 17.8 Å². The molecular weight excluding hydrogens is 393 g/mol. The average molecular weight is 403 g/mol. The molecule has 0 N–H and O–H groups in total. The number of hydrogen-bond donors (Lipinski definition) is 0. The maximum atomic E-state index is 12.9. The predicted octanol–water partition coefficient (Wildman–Crippen LogP) is 4.30. The number of ketones is 1. The van der Waals surface area contributed by atoms with E-state index in [0.29, 0.717) is 20.9 Å². The second-order valence-electron chi connectivity index (χ2n) is 5.01. The minimum atomic E-state index is -1.79. The van der Waals surface area contributed by atoms with Gasteiger partial charge in [-0.1, -0.05) is 34.8 Å². The van der Waals surface area contributed by atoms with E-state index in [-0.39, 0.29) is 26.4 Å². The lowest BCUT2D eigenvalue weighted by molar-refractivity contribution is 0.101. The van der Waals surface area contributed by atoms with Crippen LogP contribution in [0.15, 0.2) is 34.4 Å². The van der Waals surface area contributed by atoms with Gasteiger partial charge in [-0.05, 0) is 25.1 Å². The summed E-state index contributed by atoms with van der Waals surface area (Å²) in [7, 11) is -0.0909. The largest absolute Gasteiger partial charge is 0.294 e. The summed E-state index contributed by atoms with van der Waals surface area (Å²) >= 11 is 18.7. The highest BCUT2D eigenvalue weighted by atomic mass is 35.5. The predicted molar refractivity (Wildman–Crippen MR) is 94.7 cm³/mol. The van der Waals surface area contributed by atoms with Gasteiger partial charge in [-0.3, -0.25) is 9.48 Å². The van der Waals surface area contributed by atoms with Crippen molar-refractivity contribution in [2.75, 3.05) is 0 Å². The molecule has 3 rings (SSSR count). The van der Waals surface area contributed by atoms with Gasteiger partial charge in [0, 0.05) is 18.6 Å². The molecule has 5 nitrogen and oxygen atoms in total. The Balaban J connectivity index is 2.39. The van der Waals surface area contributed by atoms with Crippen LogP contribution in [-0.4, -0.2) is 24.8 Å². The maximum absolute atomic E-state index is 12.9. The van der Waals surface area contributed by atoms with Gasteiger partial charge in [-0.15, -0.1) is 0 Å². The van der Waals surface area contributed by atoms with Crippen molar-refractivity contribution < 1.29 is 9.00 Å². The molecule has 1 unspecified atom stereocenters. The Morgan fingerprint density at radius 2 is 1.83 bits per heavy atom. The second-order valence-corrected chi connectivity index (χ2v) is 7.55. The zero-order valence-electron chi connectivity index (χ0n) is 12.5. The molecule has 9 heteroatoms. The quantitative estimate of drug-likeness (QED) is 0.613. The first-order valence-electron chi connectivity index (χ1n) is 6.70. The summed E-state index contributed by atoms with van der Waals surface area (Å²) in [4.78, 5) is 16.4. The van der Waals surface area contributed by atoms with Crippen molar-refractivity contribution in [3.8, 4) is 0 Å². The van der Waals surface area contributed by atoms with Crippen molar-refractivity contribution in [1.29, 1.82) is 0 Å². The minimum Gasteiger partial charge on any atom is -0.294 e. The van der Waals surface area contributed by atoms with E-state index >= 15 is 0 Å². The van der Waals surface area contributed by atoms with E-state index in [0.717, 1.165) is 0 Å². The van der Waals surface area contributed by atoms with Gasteiger partial charge in [-0.25, -0.2) is 9.19 Å². The summed E-state index contributed by atoms with van der Waals surface area (Å²) in [5, 5.41) is 5.43. The molecule has 1 atom stereocenters. The zero-order chi connectivity index (χ0) is 17.6. The number of nitrogens with zero attached hydrogens (tertiary/aromatic N) is 3. The van der Waals surface area contributed by atoms with E-state index in [1.165, 1.54) is 11.6 Å². The van der Waals surface area contributed by atoms with E-state index in [1.807, 2.05) is 0 Å². The van der Waals surface area contributed by atoms with E-state index in [2.05, 4.69) is 10.1 Å². The van der Waals surface area contributed by atoms with Crippen molar-refractivity contribution >= 4 is 62.3 Å². The van der Waals surface area contributed by atoms with Crippen LogP contribution in [0.2, 0.25) is 15.1 Å². The molecule has 24 heavy (non-hydrogen) atoms. The Kier molecular flexibility index (Phi) is 4.66. The molecule has 0 radical (unpaired) electrons. The highest BCUT2D eigenvalue weighted by Crippen LogP contribution is 2.38. The topological polar surface area (TPSA) is 64.8 Å². The third kappa shape index (κ3) is 2.84. The molecule has 0 saturated carbocycles. The van der Waals surface area contributed by atoms with E-state index in [1.54, 1.807) is 31.4 Å². The van der Waals surface area contributed by atoms with Gasteiger partial charge >= 0.3 is 0 Å². The van der Waals surface area contributed by atoms with Gasteiger partial charge < -0.3 is 0 Å². The van der Waals surface area contributed by atoms with E-state index in [9.17, 15) is 9.00 Å². The van der Waals surface area contributed by atoms with E-state index < -0.39 is 10.8 Å². The fourth-order valence-corrected chi connectivity index (χ4v) is 4.42. The number of carbonyl (C=O) groups is 1. The molecule has 1 aromatic carbocycles. The van der Waals surface area contributed by atoms with Crippen LogP contribution in [0.5, 0.6) is 0 Å². The number of benzene rings is 1. The number of hydrogen-bond acceptors (Lipinski definition) is 4. The first-order valence-corrected chi connectivity index (χ1v) is 8.99. The van der Waals surface area contributed by atoms with Crippen LogP contribution in [0.25, 0.3) is 10.9 Å². The molecule has 3 aromatic rings. The van der Waals surface area contributed by atoms with Crippen LogP contribution in [0.3, 0.4) is 0 Å². The summed E-state index contributed by atoms with van der Waals surface area (Å²) in [5.41, 5.74) is 0.343. The van der Waals surface area contributed by atoms with Gasteiger partial charge in [0.15, 0.2) is 10.8 Å². The monoisotopic (exact) mass is 401 g/mol. The molecular formula is C15H10Cl3N3O2S. The SMILES string of the molecule is CC(=O)c1c(S(=O)c2ccn(C)n2)nc2c(Cl)ccc(Cl)c2c1Cl.